The molecule has 1 atom stereocenters. The van der Waals surface area contributed by atoms with Crippen LogP contribution in [0.2, 0.25) is 0 Å². The van der Waals surface area contributed by atoms with Crippen LogP contribution in [0.15, 0.2) is 17.4 Å². The van der Waals surface area contributed by atoms with Gasteiger partial charge in [-0.2, -0.15) is 0 Å². The van der Waals surface area contributed by atoms with Gasteiger partial charge in [-0.3, -0.25) is 9.20 Å². The minimum atomic E-state index is -0.223. The minimum Gasteiger partial charge on any atom is -0.469 e. The number of aromatic nitrogens is 4. The highest BCUT2D eigenvalue weighted by atomic mass is 32.2. The van der Waals surface area contributed by atoms with Gasteiger partial charge in [-0.15, -0.1) is 10.2 Å². The predicted molar refractivity (Wildman–Crippen MR) is 67.5 cm³/mol. The SMILES string of the molecule is COC(=O)CC(C)Sc1nccn2c(C)nnc12. The van der Waals surface area contributed by atoms with Gasteiger partial charge < -0.3 is 4.74 Å². The molecule has 2 aromatic heterocycles. The summed E-state index contributed by atoms with van der Waals surface area (Å²) in [5, 5.41) is 8.94. The number of nitrogens with zero attached hydrogens (tertiary/aromatic N) is 4. The van der Waals surface area contributed by atoms with Crippen LogP contribution in [0.5, 0.6) is 0 Å². The number of hydrogen-bond acceptors (Lipinski definition) is 6. The Morgan fingerprint density at radius 3 is 3.06 bits per heavy atom. The Kier molecular flexibility index (Phi) is 3.81. The topological polar surface area (TPSA) is 69.4 Å². The van der Waals surface area contributed by atoms with Crippen LogP contribution in [0.4, 0.5) is 0 Å². The van der Waals surface area contributed by atoms with Crippen molar-refractivity contribution < 1.29 is 9.53 Å². The molecule has 0 saturated heterocycles. The largest absolute Gasteiger partial charge is 0.469 e. The zero-order valence-corrected chi connectivity index (χ0v) is 11.3. The fraction of sp³-hybridized carbons (Fsp3) is 0.455. The standard InChI is InChI=1S/C11H14N4O2S/c1-7(6-9(16)17-3)18-11-10-14-13-8(2)15(10)5-4-12-11/h4-5,7H,6H2,1-3H3. The number of thioether (sulfide) groups is 1. The van der Waals surface area contributed by atoms with Gasteiger partial charge in [0, 0.05) is 17.6 Å². The Labute approximate surface area is 109 Å². The highest BCUT2D eigenvalue weighted by Crippen LogP contribution is 2.26. The molecule has 0 aromatic carbocycles. The van der Waals surface area contributed by atoms with Crippen LogP contribution in [-0.4, -0.2) is 37.9 Å². The van der Waals surface area contributed by atoms with Crippen molar-refractivity contribution >= 4 is 23.4 Å². The summed E-state index contributed by atoms with van der Waals surface area (Å²) in [5.74, 6) is 0.592. The normalized spacial score (nSPS) is 12.6. The lowest BCUT2D eigenvalue weighted by Crippen LogP contribution is -2.09. The van der Waals surface area contributed by atoms with Gasteiger partial charge in [0.1, 0.15) is 10.9 Å². The second-order valence-corrected chi connectivity index (χ2v) is 5.31. The van der Waals surface area contributed by atoms with Gasteiger partial charge in [-0.25, -0.2) is 4.98 Å². The predicted octanol–water partition coefficient (Wildman–Crippen LogP) is 1.48. The molecule has 2 heterocycles. The first-order chi connectivity index (χ1) is 8.61. The molecule has 0 amide bonds. The number of carbonyl (C=O) groups excluding carboxylic acids is 1. The molecule has 0 bridgehead atoms. The number of methoxy groups -OCH3 is 1. The van der Waals surface area contributed by atoms with E-state index in [4.69, 9.17) is 0 Å². The summed E-state index contributed by atoms with van der Waals surface area (Å²) in [4.78, 5) is 15.5. The van der Waals surface area contributed by atoms with E-state index in [9.17, 15) is 4.79 Å². The average molecular weight is 266 g/mol. The number of hydrogen-bond donors (Lipinski definition) is 0. The van der Waals surface area contributed by atoms with Crippen LogP contribution in [0.1, 0.15) is 19.2 Å². The molecule has 0 aliphatic carbocycles. The summed E-state index contributed by atoms with van der Waals surface area (Å²) in [6, 6.07) is 0. The molecule has 0 aliphatic rings. The van der Waals surface area contributed by atoms with Crippen molar-refractivity contribution in [3.8, 4) is 0 Å². The Bertz CT molecular complexity index is 569. The lowest BCUT2D eigenvalue weighted by molar-refractivity contribution is -0.140. The van der Waals surface area contributed by atoms with E-state index in [-0.39, 0.29) is 11.2 Å². The number of esters is 1. The number of ether oxygens (including phenoxy) is 1. The van der Waals surface area contributed by atoms with E-state index < -0.39 is 0 Å². The Morgan fingerprint density at radius 2 is 2.33 bits per heavy atom. The molecule has 1 unspecified atom stereocenters. The van der Waals surface area contributed by atoms with Crippen LogP contribution >= 0.6 is 11.8 Å². The maximum Gasteiger partial charge on any atom is 0.306 e. The molecule has 6 nitrogen and oxygen atoms in total. The summed E-state index contributed by atoms with van der Waals surface area (Å²) in [6.45, 7) is 3.84. The summed E-state index contributed by atoms with van der Waals surface area (Å²) in [6.07, 6.45) is 3.87. The van der Waals surface area contributed by atoms with Crippen molar-refractivity contribution in [3.05, 3.63) is 18.2 Å². The molecule has 0 spiro atoms. The molecule has 18 heavy (non-hydrogen) atoms. The van der Waals surface area contributed by atoms with E-state index in [1.54, 1.807) is 6.20 Å². The maximum atomic E-state index is 11.2. The quantitative estimate of drug-likeness (QED) is 0.616. The molecule has 96 valence electrons. The zero-order chi connectivity index (χ0) is 13.1. The first-order valence-electron chi connectivity index (χ1n) is 5.51. The van der Waals surface area contributed by atoms with Crippen molar-refractivity contribution in [1.82, 2.24) is 19.6 Å². The average Bonchev–Trinajstić information content (AvgIpc) is 2.72. The van der Waals surface area contributed by atoms with E-state index >= 15 is 0 Å². The van der Waals surface area contributed by atoms with Gasteiger partial charge in [0.05, 0.1) is 13.5 Å². The van der Waals surface area contributed by atoms with E-state index in [1.165, 1.54) is 18.9 Å². The molecule has 0 fully saturated rings. The highest BCUT2D eigenvalue weighted by molar-refractivity contribution is 8.00. The second kappa shape index (κ2) is 5.34. The lowest BCUT2D eigenvalue weighted by atomic mass is 10.3. The molecule has 0 aliphatic heterocycles. The van der Waals surface area contributed by atoms with Crippen molar-refractivity contribution in [3.63, 3.8) is 0 Å². The lowest BCUT2D eigenvalue weighted by Gasteiger charge is -2.09. The van der Waals surface area contributed by atoms with Crippen LogP contribution in [0.3, 0.4) is 0 Å². The summed E-state index contributed by atoms with van der Waals surface area (Å²) in [5.41, 5.74) is 0.719. The zero-order valence-electron chi connectivity index (χ0n) is 10.5. The molecule has 0 saturated carbocycles. The van der Waals surface area contributed by atoms with Gasteiger partial charge in [-0.1, -0.05) is 18.7 Å². The van der Waals surface area contributed by atoms with Crippen LogP contribution < -0.4 is 0 Å². The van der Waals surface area contributed by atoms with Gasteiger partial charge in [0.2, 0.25) is 0 Å². The molecule has 2 rings (SSSR count). The fourth-order valence-electron chi connectivity index (χ4n) is 1.55. The number of fused-ring (bicyclic) bond motifs is 1. The number of aryl methyl sites for hydroxylation is 1. The first-order valence-corrected chi connectivity index (χ1v) is 6.39. The van der Waals surface area contributed by atoms with Crippen molar-refractivity contribution in [1.29, 1.82) is 0 Å². The van der Waals surface area contributed by atoms with E-state index in [0.29, 0.717) is 6.42 Å². The number of rotatable bonds is 4. The molecule has 0 N–H and O–H groups in total. The maximum absolute atomic E-state index is 11.2. The van der Waals surface area contributed by atoms with Gasteiger partial charge in [0.25, 0.3) is 0 Å². The second-order valence-electron chi connectivity index (χ2n) is 3.88. The van der Waals surface area contributed by atoms with E-state index in [0.717, 1.165) is 16.5 Å². The number of carbonyl (C=O) groups is 1. The molecular formula is C11H14N4O2S. The van der Waals surface area contributed by atoms with Crippen molar-refractivity contribution in [2.24, 2.45) is 0 Å². The molecule has 2 aromatic rings. The van der Waals surface area contributed by atoms with Crippen LogP contribution in [0, 0.1) is 6.92 Å². The van der Waals surface area contributed by atoms with Crippen LogP contribution in [0.25, 0.3) is 5.65 Å². The van der Waals surface area contributed by atoms with Gasteiger partial charge in [-0.05, 0) is 6.92 Å². The summed E-state index contributed by atoms with van der Waals surface area (Å²) in [7, 11) is 1.39. The van der Waals surface area contributed by atoms with Crippen molar-refractivity contribution in [2.75, 3.05) is 7.11 Å². The van der Waals surface area contributed by atoms with Crippen LogP contribution in [-0.2, 0) is 9.53 Å². The highest BCUT2D eigenvalue weighted by Gasteiger charge is 2.15. The van der Waals surface area contributed by atoms with Gasteiger partial charge >= 0.3 is 5.97 Å². The van der Waals surface area contributed by atoms with Crippen molar-refractivity contribution in [2.45, 2.75) is 30.5 Å². The molecular weight excluding hydrogens is 252 g/mol. The van der Waals surface area contributed by atoms with Gasteiger partial charge in [0.15, 0.2) is 5.65 Å². The third-order valence-corrected chi connectivity index (χ3v) is 3.54. The molecule has 0 radical (unpaired) electrons. The first kappa shape index (κ1) is 12.8. The Morgan fingerprint density at radius 1 is 1.56 bits per heavy atom. The monoisotopic (exact) mass is 266 g/mol. The Hall–Kier alpha value is -1.63. The van der Waals surface area contributed by atoms with E-state index in [2.05, 4.69) is 19.9 Å². The minimum absolute atomic E-state index is 0.0770. The third-order valence-electron chi connectivity index (χ3n) is 2.46. The third kappa shape index (κ3) is 2.61. The smallest absolute Gasteiger partial charge is 0.306 e. The summed E-state index contributed by atoms with van der Waals surface area (Å²) >= 11 is 1.49. The Balaban J connectivity index is 2.19. The van der Waals surface area contributed by atoms with E-state index in [1.807, 2.05) is 24.4 Å². The fourth-order valence-corrected chi connectivity index (χ4v) is 2.52. The summed E-state index contributed by atoms with van der Waals surface area (Å²) < 4.78 is 6.52. The molecule has 7 heteroatoms.